The summed E-state index contributed by atoms with van der Waals surface area (Å²) in [6, 6.07) is 0.289. The summed E-state index contributed by atoms with van der Waals surface area (Å²) in [6.45, 7) is 1.08. The molecule has 1 aromatic heterocycles. The maximum Gasteiger partial charge on any atom is 0.243 e. The number of hydrogen-bond donors (Lipinski definition) is 1. The van der Waals surface area contributed by atoms with Crippen molar-refractivity contribution in [3.8, 4) is 0 Å². The Bertz CT molecular complexity index is 351. The van der Waals surface area contributed by atoms with Crippen molar-refractivity contribution in [1.82, 2.24) is 15.5 Å². The zero-order valence-electron chi connectivity index (χ0n) is 10.3. The summed E-state index contributed by atoms with van der Waals surface area (Å²) in [5.41, 5.74) is 0. The molecule has 1 N–H and O–H groups in total. The van der Waals surface area contributed by atoms with Gasteiger partial charge in [0.05, 0.1) is 6.04 Å². The lowest BCUT2D eigenvalue weighted by Gasteiger charge is -2.21. The minimum Gasteiger partial charge on any atom is -0.338 e. The first-order valence-corrected chi connectivity index (χ1v) is 7.00. The number of nitrogens with zero attached hydrogens (tertiary/aromatic N) is 2. The van der Waals surface area contributed by atoms with Crippen LogP contribution in [-0.2, 0) is 0 Å². The van der Waals surface area contributed by atoms with Gasteiger partial charge >= 0.3 is 0 Å². The third kappa shape index (κ3) is 2.51. The molecule has 0 radical (unpaired) electrons. The molecule has 4 nitrogen and oxygen atoms in total. The normalized spacial score (nSPS) is 27.2. The molecular weight excluding hydrogens is 214 g/mol. The van der Waals surface area contributed by atoms with Crippen molar-refractivity contribution in [3.63, 3.8) is 0 Å². The minimum absolute atomic E-state index is 0.289. The maximum atomic E-state index is 5.43. The van der Waals surface area contributed by atoms with Crippen LogP contribution >= 0.6 is 0 Å². The molecule has 0 amide bonds. The Labute approximate surface area is 102 Å². The van der Waals surface area contributed by atoms with Gasteiger partial charge in [-0.2, -0.15) is 4.98 Å². The highest BCUT2D eigenvalue weighted by atomic mass is 16.5. The summed E-state index contributed by atoms with van der Waals surface area (Å²) < 4.78 is 5.43. The van der Waals surface area contributed by atoms with Gasteiger partial charge in [0.15, 0.2) is 5.82 Å². The van der Waals surface area contributed by atoms with E-state index in [1.807, 2.05) is 0 Å². The molecule has 0 spiro atoms. The molecule has 1 saturated carbocycles. The smallest absolute Gasteiger partial charge is 0.243 e. The first kappa shape index (κ1) is 11.2. The van der Waals surface area contributed by atoms with Crippen LogP contribution in [0.5, 0.6) is 0 Å². The molecular formula is C13H21N3O. The molecule has 1 aliphatic heterocycles. The van der Waals surface area contributed by atoms with E-state index in [0.29, 0.717) is 5.92 Å². The van der Waals surface area contributed by atoms with Gasteiger partial charge < -0.3 is 9.84 Å². The first-order valence-electron chi connectivity index (χ1n) is 7.00. The average molecular weight is 235 g/mol. The molecule has 4 heteroatoms. The van der Waals surface area contributed by atoms with Gasteiger partial charge in [0.1, 0.15) is 0 Å². The van der Waals surface area contributed by atoms with E-state index in [2.05, 4.69) is 15.5 Å². The highest BCUT2D eigenvalue weighted by Crippen LogP contribution is 2.35. The second kappa shape index (κ2) is 5.17. The molecule has 0 bridgehead atoms. The van der Waals surface area contributed by atoms with Crippen molar-refractivity contribution >= 4 is 0 Å². The van der Waals surface area contributed by atoms with Gasteiger partial charge in [-0.15, -0.1) is 0 Å². The summed E-state index contributed by atoms with van der Waals surface area (Å²) in [4.78, 5) is 4.59. The summed E-state index contributed by atoms with van der Waals surface area (Å²) in [7, 11) is 0. The van der Waals surface area contributed by atoms with E-state index in [1.54, 1.807) is 0 Å². The highest BCUT2D eigenvalue weighted by molar-refractivity contribution is 5.02. The lowest BCUT2D eigenvalue weighted by atomic mass is 9.85. The van der Waals surface area contributed by atoms with Crippen LogP contribution in [0.2, 0.25) is 0 Å². The summed E-state index contributed by atoms with van der Waals surface area (Å²) >= 11 is 0. The topological polar surface area (TPSA) is 51.0 Å². The predicted octanol–water partition coefficient (Wildman–Crippen LogP) is 2.93. The summed E-state index contributed by atoms with van der Waals surface area (Å²) in [5, 5.41) is 7.67. The fraction of sp³-hybridized carbons (Fsp3) is 0.846. The minimum atomic E-state index is 0.289. The van der Waals surface area contributed by atoms with E-state index in [-0.39, 0.29) is 6.04 Å². The van der Waals surface area contributed by atoms with Gasteiger partial charge in [-0.3, -0.25) is 0 Å². The molecule has 1 saturated heterocycles. The largest absolute Gasteiger partial charge is 0.338 e. The number of nitrogens with one attached hydrogen (secondary N) is 1. The Morgan fingerprint density at radius 2 is 1.88 bits per heavy atom. The second-order valence-corrected chi connectivity index (χ2v) is 5.33. The molecule has 3 rings (SSSR count). The Balaban J connectivity index is 1.66. The van der Waals surface area contributed by atoms with Gasteiger partial charge in [0, 0.05) is 5.92 Å². The Morgan fingerprint density at radius 3 is 2.71 bits per heavy atom. The third-order valence-corrected chi connectivity index (χ3v) is 4.04. The van der Waals surface area contributed by atoms with Crippen LogP contribution in [0.3, 0.4) is 0 Å². The van der Waals surface area contributed by atoms with Crippen LogP contribution in [0.4, 0.5) is 0 Å². The quantitative estimate of drug-likeness (QED) is 0.856. The van der Waals surface area contributed by atoms with Crippen LogP contribution < -0.4 is 5.32 Å². The molecule has 17 heavy (non-hydrogen) atoms. The number of hydrogen-bond acceptors (Lipinski definition) is 4. The fourth-order valence-corrected chi connectivity index (χ4v) is 2.64. The van der Waals surface area contributed by atoms with E-state index >= 15 is 0 Å². The van der Waals surface area contributed by atoms with Crippen molar-refractivity contribution in [2.75, 3.05) is 6.54 Å². The van der Waals surface area contributed by atoms with Crippen molar-refractivity contribution in [2.24, 2.45) is 0 Å². The van der Waals surface area contributed by atoms with Gasteiger partial charge in [-0.25, -0.2) is 0 Å². The molecule has 1 atom stereocenters. The SMILES string of the molecule is C1CCCC(c2nc(C3CCC3)no2)NCC1. The molecule has 1 aromatic rings. The van der Waals surface area contributed by atoms with E-state index in [0.717, 1.165) is 24.7 Å². The zero-order chi connectivity index (χ0) is 11.5. The first-order chi connectivity index (χ1) is 8.43. The fourth-order valence-electron chi connectivity index (χ4n) is 2.64. The Hall–Kier alpha value is -0.900. The zero-order valence-corrected chi connectivity index (χ0v) is 10.3. The summed E-state index contributed by atoms with van der Waals surface area (Å²) in [6.07, 6.45) is 10.1. The molecule has 1 aliphatic carbocycles. The van der Waals surface area contributed by atoms with Crippen LogP contribution in [-0.4, -0.2) is 16.7 Å². The van der Waals surface area contributed by atoms with Gasteiger partial charge in [0.2, 0.25) is 5.89 Å². The van der Waals surface area contributed by atoms with E-state index < -0.39 is 0 Å². The van der Waals surface area contributed by atoms with Crippen molar-refractivity contribution in [2.45, 2.75) is 63.3 Å². The number of rotatable bonds is 2. The third-order valence-electron chi connectivity index (χ3n) is 4.04. The Kier molecular flexibility index (Phi) is 3.41. The average Bonchev–Trinajstić information content (AvgIpc) is 2.63. The Morgan fingerprint density at radius 1 is 1.00 bits per heavy atom. The van der Waals surface area contributed by atoms with Crippen LogP contribution in [0, 0.1) is 0 Å². The van der Waals surface area contributed by atoms with Crippen LogP contribution in [0.25, 0.3) is 0 Å². The standard InChI is InChI=1S/C13H21N3O/c1-2-4-9-14-11(8-3-1)13-15-12(16-17-13)10-6-5-7-10/h10-11,14H,1-9H2. The predicted molar refractivity (Wildman–Crippen MR) is 64.7 cm³/mol. The lowest BCUT2D eigenvalue weighted by molar-refractivity contribution is 0.300. The number of aromatic nitrogens is 2. The van der Waals surface area contributed by atoms with Crippen molar-refractivity contribution < 1.29 is 4.52 Å². The van der Waals surface area contributed by atoms with E-state index in [9.17, 15) is 0 Å². The monoisotopic (exact) mass is 235 g/mol. The van der Waals surface area contributed by atoms with Crippen LogP contribution in [0.1, 0.15) is 75.0 Å². The van der Waals surface area contributed by atoms with Crippen LogP contribution in [0.15, 0.2) is 4.52 Å². The molecule has 94 valence electrons. The lowest BCUT2D eigenvalue weighted by Crippen LogP contribution is -2.24. The molecule has 2 aliphatic rings. The van der Waals surface area contributed by atoms with Crippen molar-refractivity contribution in [1.29, 1.82) is 0 Å². The highest BCUT2D eigenvalue weighted by Gasteiger charge is 2.26. The van der Waals surface area contributed by atoms with Gasteiger partial charge in [0.25, 0.3) is 0 Å². The van der Waals surface area contributed by atoms with Crippen molar-refractivity contribution in [3.05, 3.63) is 11.7 Å². The molecule has 0 aromatic carbocycles. The second-order valence-electron chi connectivity index (χ2n) is 5.33. The summed E-state index contributed by atoms with van der Waals surface area (Å²) in [5.74, 6) is 2.32. The molecule has 2 heterocycles. The molecule has 1 unspecified atom stereocenters. The maximum absolute atomic E-state index is 5.43. The van der Waals surface area contributed by atoms with E-state index in [1.165, 1.54) is 44.9 Å². The van der Waals surface area contributed by atoms with E-state index in [4.69, 9.17) is 4.52 Å². The molecule has 2 fully saturated rings. The van der Waals surface area contributed by atoms with Gasteiger partial charge in [-0.05, 0) is 32.2 Å². The van der Waals surface area contributed by atoms with Gasteiger partial charge in [-0.1, -0.05) is 30.8 Å².